The third kappa shape index (κ3) is 11.7. The number of nitrogens with two attached hydrogens (primary N) is 1. The van der Waals surface area contributed by atoms with E-state index in [0.717, 1.165) is 0 Å². The van der Waals surface area contributed by atoms with E-state index in [9.17, 15) is 71.5 Å². The molecule has 1 fully saturated rings. The van der Waals surface area contributed by atoms with Crippen LogP contribution in [0, 0.1) is 0 Å². The van der Waals surface area contributed by atoms with Gasteiger partial charge < -0.3 is 102 Å². The Balaban J connectivity index is 3.38. The smallest absolute Gasteiger partial charge is 0.184 e. The summed E-state index contributed by atoms with van der Waals surface area (Å²) in [5.74, 6) is 0. The van der Waals surface area contributed by atoms with Crippen molar-refractivity contribution in [2.24, 2.45) is 5.73 Å². The van der Waals surface area contributed by atoms with Gasteiger partial charge in [-0.2, -0.15) is 0 Å². The van der Waals surface area contributed by atoms with Crippen LogP contribution in [-0.2, 0) is 14.2 Å². The largest absolute Gasteiger partial charge is 0.394 e. The van der Waals surface area contributed by atoms with Crippen LogP contribution >= 0.6 is 0 Å². The molecule has 1 aliphatic carbocycles. The number of hydrogen-bond donors (Lipinski definition) is 17. The Labute approximate surface area is 264 Å². The molecule has 46 heavy (non-hydrogen) atoms. The van der Waals surface area contributed by atoms with Crippen molar-refractivity contribution in [2.45, 2.75) is 143 Å². The zero-order chi connectivity index (χ0) is 35.7. The van der Waals surface area contributed by atoms with Gasteiger partial charge in [0.1, 0.15) is 47.8 Å². The third-order valence-corrected chi connectivity index (χ3v) is 7.75. The minimum atomic E-state index is -2.68. The number of aliphatic hydroxyl groups is 16. The summed E-state index contributed by atoms with van der Waals surface area (Å²) in [5, 5.41) is 163. The van der Waals surface area contributed by atoms with E-state index in [1.807, 2.05) is 0 Å². The van der Waals surface area contributed by atoms with Crippen molar-refractivity contribution in [3.05, 3.63) is 0 Å². The summed E-state index contributed by atoms with van der Waals surface area (Å²) in [5.41, 5.74) is 0.708. The average molecular weight is 684 g/mol. The fraction of sp³-hybridized carbons (Fsp3) is 1.00. The molecule has 0 amide bonds. The number of rotatable bonds is 24. The summed E-state index contributed by atoms with van der Waals surface area (Å²) < 4.78 is 15.7. The fourth-order valence-electron chi connectivity index (χ4n) is 4.84. The summed E-state index contributed by atoms with van der Waals surface area (Å²) in [6.07, 6.45) is -31.5. The predicted molar refractivity (Wildman–Crippen MR) is 150 cm³/mol. The van der Waals surface area contributed by atoms with E-state index in [-0.39, 0.29) is 6.42 Å². The Bertz CT molecular complexity index is 862. The quantitative estimate of drug-likeness (QED) is 0.0420. The van der Waals surface area contributed by atoms with Gasteiger partial charge in [-0.3, -0.25) is 0 Å². The SMILES string of the molecule is CC(N)CC(C)O[C@@H](O)C(O[C@@H](O)C(O[C@@H](O)C(O)C(O)[C@H](O)C[C@H](O)CO)C(O)[C@]1(O)CC1(O)CO)C(O)[C@H](O)C[C@H](O)CO. The van der Waals surface area contributed by atoms with E-state index < -0.39 is 142 Å². The molecule has 1 aliphatic rings. The first kappa shape index (κ1) is 43.2. The summed E-state index contributed by atoms with van der Waals surface area (Å²) in [4.78, 5) is 0. The van der Waals surface area contributed by atoms with Crippen LogP contribution in [0.5, 0.6) is 0 Å². The normalized spacial score (nSPS) is 30.1. The maximum atomic E-state index is 11.0. The highest BCUT2D eigenvalue weighted by Crippen LogP contribution is 2.51. The number of hydrogen-bond acceptors (Lipinski definition) is 20. The molecule has 0 aliphatic heterocycles. The zero-order valence-corrected chi connectivity index (χ0v) is 25.6. The molecule has 1 rings (SSSR count). The molecule has 20 nitrogen and oxygen atoms in total. The maximum absolute atomic E-state index is 11.0. The molecule has 276 valence electrons. The second-order valence-electron chi connectivity index (χ2n) is 12.0. The number of aliphatic hydroxyl groups excluding tert-OH is 14. The minimum absolute atomic E-state index is 0.152. The molecule has 18 N–H and O–H groups in total. The molecule has 0 aromatic heterocycles. The van der Waals surface area contributed by atoms with Crippen LogP contribution in [0.2, 0.25) is 0 Å². The van der Waals surface area contributed by atoms with E-state index in [4.69, 9.17) is 30.2 Å². The topological polar surface area (TPSA) is 377 Å². The Morgan fingerprint density at radius 2 is 1.07 bits per heavy atom. The molecule has 0 saturated heterocycles. The maximum Gasteiger partial charge on any atom is 0.184 e. The predicted octanol–water partition coefficient (Wildman–Crippen LogP) is -8.64. The molecule has 1 saturated carbocycles. The molecular formula is C26H53NO19. The second-order valence-corrected chi connectivity index (χ2v) is 12.0. The van der Waals surface area contributed by atoms with Gasteiger partial charge in [0.25, 0.3) is 0 Å². The molecule has 20 heteroatoms. The molecule has 0 heterocycles. The van der Waals surface area contributed by atoms with Gasteiger partial charge in [0.05, 0.1) is 50.3 Å². The van der Waals surface area contributed by atoms with Gasteiger partial charge in [-0.25, -0.2) is 0 Å². The second kappa shape index (κ2) is 18.8. The highest BCUT2D eigenvalue weighted by Gasteiger charge is 2.72. The van der Waals surface area contributed by atoms with Gasteiger partial charge in [0.2, 0.25) is 0 Å². The lowest BCUT2D eigenvalue weighted by molar-refractivity contribution is -0.326. The van der Waals surface area contributed by atoms with E-state index >= 15 is 0 Å². The molecule has 0 aromatic rings. The van der Waals surface area contributed by atoms with E-state index in [0.29, 0.717) is 0 Å². The highest BCUT2D eigenvalue weighted by molar-refractivity contribution is 5.23. The number of ether oxygens (including phenoxy) is 3. The van der Waals surface area contributed by atoms with Crippen molar-refractivity contribution < 1.29 is 95.9 Å². The van der Waals surface area contributed by atoms with Crippen LogP contribution in [0.1, 0.15) is 39.5 Å². The molecule has 0 spiro atoms. The van der Waals surface area contributed by atoms with Crippen molar-refractivity contribution >= 4 is 0 Å². The molecule has 9 unspecified atom stereocenters. The first-order valence-corrected chi connectivity index (χ1v) is 14.7. The van der Waals surface area contributed by atoms with Crippen molar-refractivity contribution in [1.82, 2.24) is 0 Å². The van der Waals surface area contributed by atoms with Crippen LogP contribution in [0.4, 0.5) is 0 Å². The summed E-state index contributed by atoms with van der Waals surface area (Å²) >= 11 is 0. The minimum Gasteiger partial charge on any atom is -0.394 e. The Hall–Kier alpha value is -0.800. The van der Waals surface area contributed by atoms with Gasteiger partial charge >= 0.3 is 0 Å². The highest BCUT2D eigenvalue weighted by atomic mass is 16.7. The van der Waals surface area contributed by atoms with Crippen molar-refractivity contribution in [3.63, 3.8) is 0 Å². The molecule has 0 aromatic carbocycles. The Morgan fingerprint density at radius 3 is 1.50 bits per heavy atom. The van der Waals surface area contributed by atoms with Crippen molar-refractivity contribution in [1.29, 1.82) is 0 Å². The van der Waals surface area contributed by atoms with Gasteiger partial charge in [-0.1, -0.05) is 0 Å². The lowest BCUT2D eigenvalue weighted by Crippen LogP contribution is -2.58. The van der Waals surface area contributed by atoms with Crippen molar-refractivity contribution in [3.8, 4) is 0 Å². The zero-order valence-electron chi connectivity index (χ0n) is 25.6. The molecule has 0 bridgehead atoms. The van der Waals surface area contributed by atoms with Crippen LogP contribution < -0.4 is 5.73 Å². The summed E-state index contributed by atoms with van der Waals surface area (Å²) in [7, 11) is 0. The standard InChI is InChI=1S/C26H53NO19/c1-10(27)3-11(2)44-23(40)19(17(36)15(34)5-13(32)7-29)45-24(41)20(21(38)26(43)8-25(26,42)9-30)46-22(39)18(37)16(35)14(33)4-12(31)6-28/h10-24,28-43H,3-9,27H2,1-2H3/t10?,11?,12-,13-,14+,15+,16?,17?,18?,19?,20?,21?,22+,23+,24+,25?,26+/m0/s1. The van der Waals surface area contributed by atoms with E-state index in [1.54, 1.807) is 6.92 Å². The van der Waals surface area contributed by atoms with Crippen LogP contribution in [-0.4, -0.2) is 205 Å². The van der Waals surface area contributed by atoms with Crippen LogP contribution in [0.25, 0.3) is 0 Å². The van der Waals surface area contributed by atoms with Gasteiger partial charge in [0, 0.05) is 25.3 Å². The van der Waals surface area contributed by atoms with Crippen LogP contribution in [0.15, 0.2) is 0 Å². The van der Waals surface area contributed by atoms with Gasteiger partial charge in [0.15, 0.2) is 18.9 Å². The Kier molecular flexibility index (Phi) is 17.7. The van der Waals surface area contributed by atoms with Crippen LogP contribution in [0.3, 0.4) is 0 Å². The average Bonchev–Trinajstić information content (AvgIpc) is 3.57. The van der Waals surface area contributed by atoms with Gasteiger partial charge in [-0.05, 0) is 20.3 Å². The first-order chi connectivity index (χ1) is 21.2. The fourth-order valence-corrected chi connectivity index (χ4v) is 4.84. The Morgan fingerprint density at radius 1 is 0.609 bits per heavy atom. The molecular weight excluding hydrogens is 630 g/mol. The monoisotopic (exact) mass is 683 g/mol. The van der Waals surface area contributed by atoms with Gasteiger partial charge in [-0.15, -0.1) is 0 Å². The lowest BCUT2D eigenvalue weighted by atomic mass is 9.99. The van der Waals surface area contributed by atoms with E-state index in [1.165, 1.54) is 6.92 Å². The summed E-state index contributed by atoms with van der Waals surface area (Å²) in [6, 6.07) is -0.437. The van der Waals surface area contributed by atoms with Crippen molar-refractivity contribution in [2.75, 3.05) is 19.8 Å². The third-order valence-electron chi connectivity index (χ3n) is 7.75. The summed E-state index contributed by atoms with van der Waals surface area (Å²) in [6.45, 7) is 0.296. The first-order valence-electron chi connectivity index (χ1n) is 14.7. The lowest BCUT2D eigenvalue weighted by Gasteiger charge is -2.38. The molecule has 17 atom stereocenters. The van der Waals surface area contributed by atoms with E-state index in [2.05, 4.69) is 0 Å². The molecule has 0 radical (unpaired) electrons.